The van der Waals surface area contributed by atoms with Gasteiger partial charge in [0.05, 0.1) is 12.1 Å². The molecule has 134 valence electrons. The van der Waals surface area contributed by atoms with Gasteiger partial charge in [0.2, 0.25) is 11.8 Å². The monoisotopic (exact) mass is 367 g/mol. The largest absolute Gasteiger partial charge is 0.339 e. The molecule has 1 aromatic rings. The smallest absolute Gasteiger partial charge is 0.243 e. The Bertz CT molecular complexity index is 477. The summed E-state index contributed by atoms with van der Waals surface area (Å²) in [5, 5.41) is 3.93. The molecule has 0 bridgehead atoms. The number of nitrogens with zero attached hydrogens (tertiary/aromatic N) is 4. The first-order valence-corrected chi connectivity index (χ1v) is 7.67. The van der Waals surface area contributed by atoms with E-state index in [-0.39, 0.29) is 42.8 Å². The minimum Gasteiger partial charge on any atom is -0.339 e. The van der Waals surface area contributed by atoms with Gasteiger partial charge < -0.3 is 15.2 Å². The lowest BCUT2D eigenvalue weighted by atomic mass is 10.1. The molecule has 1 fully saturated rings. The van der Waals surface area contributed by atoms with Gasteiger partial charge >= 0.3 is 0 Å². The van der Waals surface area contributed by atoms with E-state index in [1.165, 1.54) is 0 Å². The SMILES string of the molecule is CCc1noc(C(C)N2CCN(C(=O)[C@@H](N)CC)CC2)n1.Cl.Cl. The number of aryl methyl sites for hydroxylation is 1. The molecular formula is C14H27Cl2N5O2. The van der Waals surface area contributed by atoms with Crippen molar-refractivity contribution >= 4 is 30.7 Å². The number of piperazine rings is 1. The molecule has 0 spiro atoms. The van der Waals surface area contributed by atoms with E-state index in [4.69, 9.17) is 10.3 Å². The highest BCUT2D eigenvalue weighted by atomic mass is 35.5. The van der Waals surface area contributed by atoms with Crippen LogP contribution in [0.2, 0.25) is 0 Å². The molecule has 2 heterocycles. The summed E-state index contributed by atoms with van der Waals surface area (Å²) >= 11 is 0. The van der Waals surface area contributed by atoms with Crippen molar-refractivity contribution in [1.29, 1.82) is 0 Å². The summed E-state index contributed by atoms with van der Waals surface area (Å²) in [6.45, 7) is 8.99. The van der Waals surface area contributed by atoms with Crippen LogP contribution in [0.5, 0.6) is 0 Å². The van der Waals surface area contributed by atoms with Gasteiger partial charge in [-0.1, -0.05) is 19.0 Å². The fourth-order valence-electron chi connectivity index (χ4n) is 2.48. The molecule has 0 saturated carbocycles. The Kier molecular flexibility index (Phi) is 9.68. The van der Waals surface area contributed by atoms with Crippen LogP contribution in [-0.2, 0) is 11.2 Å². The van der Waals surface area contributed by atoms with Crippen LogP contribution in [0.4, 0.5) is 0 Å². The summed E-state index contributed by atoms with van der Waals surface area (Å²) in [7, 11) is 0. The topological polar surface area (TPSA) is 88.5 Å². The molecular weight excluding hydrogens is 341 g/mol. The van der Waals surface area contributed by atoms with Crippen LogP contribution in [0.15, 0.2) is 4.52 Å². The fourth-order valence-corrected chi connectivity index (χ4v) is 2.48. The van der Waals surface area contributed by atoms with Gasteiger partial charge in [0.15, 0.2) is 5.82 Å². The first kappa shape index (κ1) is 22.1. The van der Waals surface area contributed by atoms with E-state index in [9.17, 15) is 4.79 Å². The molecule has 0 aromatic carbocycles. The molecule has 0 radical (unpaired) electrons. The van der Waals surface area contributed by atoms with Crippen molar-refractivity contribution in [3.8, 4) is 0 Å². The summed E-state index contributed by atoms with van der Waals surface area (Å²) in [5.41, 5.74) is 5.81. The molecule has 0 aliphatic carbocycles. The van der Waals surface area contributed by atoms with Crippen molar-refractivity contribution in [3.05, 3.63) is 11.7 Å². The van der Waals surface area contributed by atoms with Gasteiger partial charge in [-0.15, -0.1) is 24.8 Å². The third-order valence-electron chi connectivity index (χ3n) is 4.09. The summed E-state index contributed by atoms with van der Waals surface area (Å²) in [5.74, 6) is 1.44. The normalized spacial score (nSPS) is 17.8. The Balaban J connectivity index is 0.00000242. The second-order valence-electron chi connectivity index (χ2n) is 5.45. The maximum absolute atomic E-state index is 12.1. The van der Waals surface area contributed by atoms with Gasteiger partial charge in [0, 0.05) is 32.6 Å². The molecule has 7 nitrogen and oxygen atoms in total. The van der Waals surface area contributed by atoms with Crippen molar-refractivity contribution < 1.29 is 9.32 Å². The van der Waals surface area contributed by atoms with E-state index in [1.807, 2.05) is 18.7 Å². The molecule has 1 unspecified atom stereocenters. The molecule has 2 rings (SSSR count). The Hall–Kier alpha value is -0.890. The lowest BCUT2D eigenvalue weighted by Crippen LogP contribution is -2.53. The Morgan fingerprint density at radius 3 is 2.35 bits per heavy atom. The van der Waals surface area contributed by atoms with Gasteiger partial charge in [-0.2, -0.15) is 4.98 Å². The van der Waals surface area contributed by atoms with Gasteiger partial charge in [0.25, 0.3) is 0 Å². The van der Waals surface area contributed by atoms with E-state index >= 15 is 0 Å². The van der Waals surface area contributed by atoms with Crippen LogP contribution in [0, 0.1) is 0 Å². The Morgan fingerprint density at radius 2 is 1.87 bits per heavy atom. The number of hydrogen-bond donors (Lipinski definition) is 1. The van der Waals surface area contributed by atoms with Crippen molar-refractivity contribution in [2.24, 2.45) is 5.73 Å². The van der Waals surface area contributed by atoms with E-state index in [1.54, 1.807) is 0 Å². The molecule has 2 N–H and O–H groups in total. The number of aromatic nitrogens is 2. The number of nitrogens with two attached hydrogens (primary N) is 1. The predicted octanol–water partition coefficient (Wildman–Crippen LogP) is 1.42. The first-order valence-electron chi connectivity index (χ1n) is 7.67. The number of carbonyl (C=O) groups is 1. The number of hydrogen-bond acceptors (Lipinski definition) is 6. The summed E-state index contributed by atoms with van der Waals surface area (Å²) in [6.07, 6.45) is 1.45. The van der Waals surface area contributed by atoms with Gasteiger partial charge in [0.1, 0.15) is 0 Å². The standard InChI is InChI=1S/C14H25N5O2.2ClH/c1-4-11(15)14(20)19-8-6-18(7-9-19)10(3)13-16-12(5-2)17-21-13;;/h10-11H,4-9,15H2,1-3H3;2*1H/t10?,11-;;/m0../s1. The average molecular weight is 368 g/mol. The average Bonchev–Trinajstić information content (AvgIpc) is 3.02. The summed E-state index contributed by atoms with van der Waals surface area (Å²) < 4.78 is 5.30. The molecule has 1 aliphatic heterocycles. The Morgan fingerprint density at radius 1 is 1.26 bits per heavy atom. The number of amides is 1. The maximum Gasteiger partial charge on any atom is 0.243 e. The molecule has 1 aliphatic rings. The zero-order valence-electron chi connectivity index (χ0n) is 13.9. The van der Waals surface area contributed by atoms with Gasteiger partial charge in [-0.05, 0) is 13.3 Å². The van der Waals surface area contributed by atoms with Gasteiger partial charge in [-0.25, -0.2) is 0 Å². The lowest BCUT2D eigenvalue weighted by Gasteiger charge is -2.37. The summed E-state index contributed by atoms with van der Waals surface area (Å²) in [4.78, 5) is 20.5. The van der Waals surface area contributed by atoms with Crippen molar-refractivity contribution in [2.75, 3.05) is 26.2 Å². The number of halogens is 2. The third kappa shape index (κ3) is 5.31. The fraction of sp³-hybridized carbons (Fsp3) is 0.786. The second kappa shape index (κ2) is 10.1. The molecule has 9 heteroatoms. The molecule has 23 heavy (non-hydrogen) atoms. The predicted molar refractivity (Wildman–Crippen MR) is 93.0 cm³/mol. The van der Waals surface area contributed by atoms with E-state index < -0.39 is 0 Å². The third-order valence-corrected chi connectivity index (χ3v) is 4.09. The van der Waals surface area contributed by atoms with E-state index in [2.05, 4.69) is 22.0 Å². The van der Waals surface area contributed by atoms with Crippen LogP contribution in [-0.4, -0.2) is 58.1 Å². The van der Waals surface area contributed by atoms with E-state index in [0.29, 0.717) is 25.4 Å². The highest BCUT2D eigenvalue weighted by Gasteiger charge is 2.28. The summed E-state index contributed by atoms with van der Waals surface area (Å²) in [6, 6.07) is -0.299. The zero-order valence-corrected chi connectivity index (χ0v) is 15.5. The van der Waals surface area contributed by atoms with Crippen LogP contribution < -0.4 is 5.73 Å². The number of rotatable bonds is 5. The van der Waals surface area contributed by atoms with Crippen molar-refractivity contribution in [1.82, 2.24) is 19.9 Å². The Labute approximate surface area is 149 Å². The number of carbonyl (C=O) groups excluding carboxylic acids is 1. The lowest BCUT2D eigenvalue weighted by molar-refractivity contribution is -0.134. The maximum atomic E-state index is 12.1. The van der Waals surface area contributed by atoms with Crippen molar-refractivity contribution in [3.63, 3.8) is 0 Å². The van der Waals surface area contributed by atoms with Crippen LogP contribution in [0.1, 0.15) is 44.9 Å². The minimum atomic E-state index is -0.378. The quantitative estimate of drug-likeness (QED) is 0.846. The molecule has 1 amide bonds. The minimum absolute atomic E-state index is 0. The highest BCUT2D eigenvalue weighted by molar-refractivity contribution is 5.85. The second-order valence-corrected chi connectivity index (χ2v) is 5.45. The molecule has 2 atom stereocenters. The van der Waals surface area contributed by atoms with Crippen LogP contribution >= 0.6 is 24.8 Å². The molecule has 1 saturated heterocycles. The zero-order chi connectivity index (χ0) is 15.4. The van der Waals surface area contributed by atoms with Gasteiger partial charge in [-0.3, -0.25) is 9.69 Å². The highest BCUT2D eigenvalue weighted by Crippen LogP contribution is 2.20. The van der Waals surface area contributed by atoms with Crippen molar-refractivity contribution in [2.45, 2.75) is 45.7 Å². The first-order chi connectivity index (χ1) is 10.1. The van der Waals surface area contributed by atoms with Crippen LogP contribution in [0.3, 0.4) is 0 Å². The van der Waals surface area contributed by atoms with E-state index in [0.717, 1.165) is 25.3 Å². The van der Waals surface area contributed by atoms with Crippen LogP contribution in [0.25, 0.3) is 0 Å². The molecule has 1 aromatic heterocycles.